The summed E-state index contributed by atoms with van der Waals surface area (Å²) in [5, 5.41) is 58.6. The molecule has 24 heavy (non-hydrogen) atoms. The Morgan fingerprint density at radius 2 is 1.75 bits per heavy atom. The van der Waals surface area contributed by atoms with Gasteiger partial charge in [-0.1, -0.05) is 6.92 Å². The molecule has 1 heterocycles. The van der Waals surface area contributed by atoms with E-state index in [0.717, 1.165) is 12.8 Å². The van der Waals surface area contributed by atoms with Crippen LogP contribution in [0.5, 0.6) is 0 Å². The lowest BCUT2D eigenvalue weighted by atomic mass is 9.73. The highest BCUT2D eigenvalue weighted by atomic mass is 16.7. The van der Waals surface area contributed by atoms with E-state index in [1.165, 1.54) is 0 Å². The molecule has 0 amide bonds. The molecule has 0 aromatic carbocycles. The quantitative estimate of drug-likeness (QED) is 0.347. The molecule has 8 heteroatoms. The van der Waals surface area contributed by atoms with Crippen molar-refractivity contribution < 1.29 is 40.1 Å². The largest absolute Gasteiger partial charge is 0.394 e. The summed E-state index contributed by atoms with van der Waals surface area (Å²) in [4.78, 5) is 0. The first-order valence-electron chi connectivity index (χ1n) is 8.50. The minimum absolute atomic E-state index is 0.142. The fourth-order valence-corrected chi connectivity index (χ4v) is 3.52. The van der Waals surface area contributed by atoms with Crippen molar-refractivity contribution in [3.05, 3.63) is 0 Å². The van der Waals surface area contributed by atoms with Crippen molar-refractivity contribution in [3.63, 3.8) is 0 Å². The summed E-state index contributed by atoms with van der Waals surface area (Å²) < 4.78 is 11.2. The zero-order valence-corrected chi connectivity index (χ0v) is 14.2. The highest BCUT2D eigenvalue weighted by Gasteiger charge is 2.46. The number of hydrogen-bond donors (Lipinski definition) is 6. The van der Waals surface area contributed by atoms with Gasteiger partial charge < -0.3 is 40.1 Å². The van der Waals surface area contributed by atoms with Crippen molar-refractivity contribution in [1.29, 1.82) is 0 Å². The first kappa shape index (κ1) is 20.0. The summed E-state index contributed by atoms with van der Waals surface area (Å²) in [5.41, 5.74) is -1.21. The smallest absolute Gasteiger partial charge is 0.186 e. The van der Waals surface area contributed by atoms with Crippen LogP contribution in [0, 0.1) is 11.8 Å². The summed E-state index contributed by atoms with van der Waals surface area (Å²) in [6.07, 6.45) is -4.85. The van der Waals surface area contributed by atoms with Gasteiger partial charge in [-0.05, 0) is 38.0 Å². The number of ether oxygens (including phenoxy) is 2. The molecule has 9 unspecified atom stereocenters. The van der Waals surface area contributed by atoms with Gasteiger partial charge in [0.2, 0.25) is 0 Å². The van der Waals surface area contributed by atoms with E-state index in [9.17, 15) is 30.6 Å². The highest BCUT2D eigenvalue weighted by molar-refractivity contribution is 4.92. The third-order valence-electron chi connectivity index (χ3n) is 5.48. The first-order chi connectivity index (χ1) is 11.2. The van der Waals surface area contributed by atoms with Gasteiger partial charge in [-0.15, -0.1) is 0 Å². The van der Waals surface area contributed by atoms with Crippen LogP contribution >= 0.6 is 0 Å². The van der Waals surface area contributed by atoms with E-state index in [4.69, 9.17) is 9.47 Å². The molecule has 0 radical (unpaired) electrons. The van der Waals surface area contributed by atoms with Gasteiger partial charge in [0.1, 0.15) is 24.4 Å². The molecule has 1 saturated carbocycles. The van der Waals surface area contributed by atoms with Crippen LogP contribution in [-0.2, 0) is 9.47 Å². The Balaban J connectivity index is 2.04. The molecule has 0 aromatic heterocycles. The second-order valence-corrected chi connectivity index (χ2v) is 7.37. The van der Waals surface area contributed by atoms with Crippen LogP contribution in [0.25, 0.3) is 0 Å². The number of hydrogen-bond acceptors (Lipinski definition) is 8. The summed E-state index contributed by atoms with van der Waals surface area (Å²) in [6, 6.07) is 0. The van der Waals surface area contributed by atoms with Crippen molar-refractivity contribution >= 4 is 0 Å². The Kier molecular flexibility index (Phi) is 6.60. The van der Waals surface area contributed by atoms with Gasteiger partial charge in [-0.2, -0.15) is 0 Å². The monoisotopic (exact) mass is 350 g/mol. The van der Waals surface area contributed by atoms with Gasteiger partial charge in [0.05, 0.1) is 24.9 Å². The van der Waals surface area contributed by atoms with Gasteiger partial charge in [0.15, 0.2) is 6.29 Å². The fourth-order valence-electron chi connectivity index (χ4n) is 3.52. The van der Waals surface area contributed by atoms with Crippen LogP contribution in [-0.4, -0.2) is 86.3 Å². The first-order valence-corrected chi connectivity index (χ1v) is 8.50. The lowest BCUT2D eigenvalue weighted by molar-refractivity contribution is -0.318. The van der Waals surface area contributed by atoms with E-state index in [2.05, 4.69) is 0 Å². The molecule has 0 spiro atoms. The summed E-state index contributed by atoms with van der Waals surface area (Å²) >= 11 is 0. The Bertz CT molecular complexity index is 402. The van der Waals surface area contributed by atoms with Crippen molar-refractivity contribution in [2.24, 2.45) is 11.8 Å². The van der Waals surface area contributed by atoms with E-state index < -0.39 is 42.9 Å². The molecule has 8 nitrogen and oxygen atoms in total. The van der Waals surface area contributed by atoms with E-state index in [0.29, 0.717) is 6.42 Å². The maximum absolute atomic E-state index is 10.3. The van der Waals surface area contributed by atoms with Crippen molar-refractivity contribution in [2.75, 3.05) is 13.2 Å². The molecule has 1 saturated heterocycles. The van der Waals surface area contributed by atoms with E-state index in [1.54, 1.807) is 6.92 Å². The predicted molar refractivity (Wildman–Crippen MR) is 82.9 cm³/mol. The topological polar surface area (TPSA) is 140 Å². The van der Waals surface area contributed by atoms with Gasteiger partial charge in [-0.25, -0.2) is 0 Å². The number of rotatable bonds is 5. The van der Waals surface area contributed by atoms with Gasteiger partial charge in [0, 0.05) is 0 Å². The van der Waals surface area contributed by atoms with Crippen LogP contribution in [0.3, 0.4) is 0 Å². The van der Waals surface area contributed by atoms with Gasteiger partial charge in [0.25, 0.3) is 0 Å². The van der Waals surface area contributed by atoms with Gasteiger partial charge in [-0.3, -0.25) is 0 Å². The van der Waals surface area contributed by atoms with E-state index >= 15 is 0 Å². The minimum Gasteiger partial charge on any atom is -0.394 e. The Morgan fingerprint density at radius 1 is 1.08 bits per heavy atom. The molecular weight excluding hydrogens is 320 g/mol. The zero-order valence-electron chi connectivity index (χ0n) is 14.2. The van der Waals surface area contributed by atoms with Crippen LogP contribution in [0.2, 0.25) is 0 Å². The molecule has 6 N–H and O–H groups in total. The summed E-state index contributed by atoms with van der Waals surface area (Å²) in [6.45, 7) is 2.71. The predicted octanol–water partition coefficient (Wildman–Crippen LogP) is -1.65. The number of aliphatic hydroxyl groups excluding tert-OH is 5. The van der Waals surface area contributed by atoms with Crippen LogP contribution in [0.15, 0.2) is 0 Å². The SMILES string of the molecule is CC1CCC(C(C)(O)CO)CC1OC1OC(CO)C(O)C(O)C1O. The lowest BCUT2D eigenvalue weighted by Gasteiger charge is -2.45. The van der Waals surface area contributed by atoms with Crippen LogP contribution in [0.4, 0.5) is 0 Å². The average Bonchev–Trinajstić information content (AvgIpc) is 2.56. The lowest BCUT2D eigenvalue weighted by Crippen LogP contribution is -2.60. The van der Waals surface area contributed by atoms with Crippen molar-refractivity contribution in [3.8, 4) is 0 Å². The molecule has 0 bridgehead atoms. The van der Waals surface area contributed by atoms with E-state index in [1.807, 2.05) is 6.92 Å². The highest BCUT2D eigenvalue weighted by Crippen LogP contribution is 2.38. The van der Waals surface area contributed by atoms with Crippen molar-refractivity contribution in [2.45, 2.75) is 75.5 Å². The Morgan fingerprint density at radius 3 is 2.33 bits per heavy atom. The third kappa shape index (κ3) is 4.08. The Hall–Kier alpha value is -0.320. The molecular formula is C16H30O8. The zero-order chi connectivity index (χ0) is 18.1. The molecule has 2 aliphatic rings. The summed E-state index contributed by atoms with van der Waals surface area (Å²) in [7, 11) is 0. The molecule has 1 aliphatic carbocycles. The van der Waals surface area contributed by atoms with Crippen molar-refractivity contribution in [1.82, 2.24) is 0 Å². The molecule has 9 atom stereocenters. The summed E-state index contributed by atoms with van der Waals surface area (Å²) in [5.74, 6) is -0.0169. The standard InChI is InChI=1S/C16H30O8/c1-8-3-4-9(16(2,22)7-18)5-10(8)23-15-14(21)13(20)12(19)11(6-17)24-15/h8-15,17-22H,3-7H2,1-2H3. The maximum Gasteiger partial charge on any atom is 0.186 e. The Labute approximate surface area is 141 Å². The molecule has 1 aliphatic heterocycles. The fraction of sp³-hybridized carbons (Fsp3) is 1.00. The molecule has 0 aromatic rings. The molecule has 2 fully saturated rings. The number of aliphatic hydroxyl groups is 6. The van der Waals surface area contributed by atoms with E-state index in [-0.39, 0.29) is 24.5 Å². The normalized spacial score (nSPS) is 46.5. The molecule has 142 valence electrons. The molecule has 2 rings (SSSR count). The minimum atomic E-state index is -1.48. The maximum atomic E-state index is 10.3. The van der Waals surface area contributed by atoms with Crippen LogP contribution < -0.4 is 0 Å². The van der Waals surface area contributed by atoms with Gasteiger partial charge >= 0.3 is 0 Å². The van der Waals surface area contributed by atoms with Crippen LogP contribution in [0.1, 0.15) is 33.1 Å². The average molecular weight is 350 g/mol. The second kappa shape index (κ2) is 7.92. The second-order valence-electron chi connectivity index (χ2n) is 7.37. The third-order valence-corrected chi connectivity index (χ3v) is 5.48.